The number of rotatable bonds is 7. The Hall–Kier alpha value is -3.56. The highest BCUT2D eigenvalue weighted by Crippen LogP contribution is 2.32. The Morgan fingerprint density at radius 2 is 1.66 bits per heavy atom. The fraction of sp³-hybridized carbons (Fsp3) is 0.448. The lowest BCUT2D eigenvalue weighted by Crippen LogP contribution is -2.53. The molecular formula is C29H37N7O2. The van der Waals surface area contributed by atoms with Crippen molar-refractivity contribution in [2.24, 2.45) is 5.92 Å². The molecule has 3 saturated heterocycles. The van der Waals surface area contributed by atoms with Crippen LogP contribution < -0.4 is 25.6 Å². The summed E-state index contributed by atoms with van der Waals surface area (Å²) in [6, 6.07) is 17.8. The first kappa shape index (κ1) is 24.8. The number of ether oxygens (including phenoxy) is 1. The van der Waals surface area contributed by atoms with E-state index < -0.39 is 0 Å². The third-order valence-electron chi connectivity index (χ3n) is 7.97. The third kappa shape index (κ3) is 5.49. The molecule has 2 aromatic carbocycles. The number of aromatic nitrogens is 2. The number of piperidine rings is 1. The molecule has 3 aliphatic heterocycles. The molecule has 9 heteroatoms. The molecule has 0 spiro atoms. The van der Waals surface area contributed by atoms with Gasteiger partial charge < -0.3 is 30.7 Å². The first-order valence-electron chi connectivity index (χ1n) is 13.7. The van der Waals surface area contributed by atoms with Crippen molar-refractivity contribution in [1.82, 2.24) is 20.4 Å². The zero-order valence-electron chi connectivity index (χ0n) is 21.8. The Morgan fingerprint density at radius 1 is 0.921 bits per heavy atom. The zero-order valence-corrected chi connectivity index (χ0v) is 21.8. The maximum absolute atomic E-state index is 10.2. The lowest BCUT2D eigenvalue weighted by Gasteiger charge is -2.40. The van der Waals surface area contributed by atoms with Crippen LogP contribution in [0.3, 0.4) is 0 Å². The normalized spacial score (nSPS) is 20.8. The van der Waals surface area contributed by atoms with Crippen LogP contribution in [0.1, 0.15) is 12.8 Å². The molecule has 1 atom stereocenters. The van der Waals surface area contributed by atoms with Crippen LogP contribution in [0.15, 0.2) is 54.6 Å². The Kier molecular flexibility index (Phi) is 7.20. The first-order chi connectivity index (χ1) is 18.6. The van der Waals surface area contributed by atoms with Crippen molar-refractivity contribution in [1.29, 1.82) is 0 Å². The minimum atomic E-state index is -0.00825. The van der Waals surface area contributed by atoms with E-state index in [2.05, 4.69) is 54.5 Å². The van der Waals surface area contributed by atoms with Gasteiger partial charge in [0.15, 0.2) is 11.6 Å². The quantitative estimate of drug-likeness (QED) is 0.438. The van der Waals surface area contributed by atoms with E-state index in [4.69, 9.17) is 10.5 Å². The predicted molar refractivity (Wildman–Crippen MR) is 151 cm³/mol. The van der Waals surface area contributed by atoms with Crippen LogP contribution in [0.5, 0.6) is 11.5 Å². The van der Waals surface area contributed by atoms with Gasteiger partial charge in [-0.1, -0.05) is 12.1 Å². The van der Waals surface area contributed by atoms with Crippen molar-refractivity contribution in [2.75, 3.05) is 74.4 Å². The van der Waals surface area contributed by atoms with E-state index in [9.17, 15) is 5.11 Å². The summed E-state index contributed by atoms with van der Waals surface area (Å²) in [4.78, 5) is 7.50. The highest BCUT2D eigenvalue weighted by Gasteiger charge is 2.25. The summed E-state index contributed by atoms with van der Waals surface area (Å²) in [5.74, 6) is 1.75. The molecule has 0 saturated carbocycles. The summed E-state index contributed by atoms with van der Waals surface area (Å²) < 4.78 is 6.34. The molecule has 9 nitrogen and oxygen atoms in total. The average Bonchev–Trinajstić information content (AvgIpc) is 2.93. The van der Waals surface area contributed by atoms with Crippen LogP contribution in [-0.4, -0.2) is 85.2 Å². The van der Waals surface area contributed by atoms with Gasteiger partial charge >= 0.3 is 0 Å². The number of hydrogen-bond donors (Lipinski definition) is 3. The maximum Gasteiger partial charge on any atom is 0.188 e. The summed E-state index contributed by atoms with van der Waals surface area (Å²) in [5.41, 5.74) is 9.77. The third-order valence-corrected chi connectivity index (χ3v) is 7.97. The van der Waals surface area contributed by atoms with E-state index in [1.165, 1.54) is 31.0 Å². The highest BCUT2D eigenvalue weighted by molar-refractivity contribution is 5.68. The zero-order chi connectivity index (χ0) is 25.9. The van der Waals surface area contributed by atoms with Gasteiger partial charge in [0.25, 0.3) is 0 Å². The van der Waals surface area contributed by atoms with E-state index in [-0.39, 0.29) is 17.7 Å². The van der Waals surface area contributed by atoms with Crippen molar-refractivity contribution in [3.8, 4) is 22.8 Å². The molecule has 4 heterocycles. The van der Waals surface area contributed by atoms with Gasteiger partial charge in [-0.05, 0) is 55.2 Å². The lowest BCUT2D eigenvalue weighted by atomic mass is 10.0. The predicted octanol–water partition coefficient (Wildman–Crippen LogP) is 2.82. The van der Waals surface area contributed by atoms with Crippen molar-refractivity contribution in [3.63, 3.8) is 0 Å². The molecule has 6 rings (SSSR count). The molecule has 38 heavy (non-hydrogen) atoms. The molecule has 3 aromatic rings. The second-order valence-corrected chi connectivity index (χ2v) is 10.7. The molecule has 0 bridgehead atoms. The summed E-state index contributed by atoms with van der Waals surface area (Å²) in [7, 11) is 0. The van der Waals surface area contributed by atoms with Crippen molar-refractivity contribution in [2.45, 2.75) is 18.9 Å². The van der Waals surface area contributed by atoms with Crippen molar-refractivity contribution in [3.05, 3.63) is 54.6 Å². The SMILES string of the molecule is Nc1nnc(-c2ccccc2O)cc1OC1CCCN(c2ccc(N3CCN(CC4CNC4)CC3)cc2)C1. The van der Waals surface area contributed by atoms with Gasteiger partial charge in [-0.15, -0.1) is 10.2 Å². The summed E-state index contributed by atoms with van der Waals surface area (Å²) in [5, 5.41) is 21.8. The van der Waals surface area contributed by atoms with Crippen LogP contribution >= 0.6 is 0 Å². The monoisotopic (exact) mass is 515 g/mol. The molecule has 0 radical (unpaired) electrons. The molecular weight excluding hydrogens is 478 g/mol. The lowest BCUT2D eigenvalue weighted by molar-refractivity contribution is 0.180. The van der Waals surface area contributed by atoms with Gasteiger partial charge in [0.2, 0.25) is 0 Å². The first-order valence-corrected chi connectivity index (χ1v) is 13.7. The van der Waals surface area contributed by atoms with Gasteiger partial charge in [-0.2, -0.15) is 0 Å². The fourth-order valence-corrected chi connectivity index (χ4v) is 5.65. The second-order valence-electron chi connectivity index (χ2n) is 10.7. The van der Waals surface area contributed by atoms with E-state index in [1.807, 2.05) is 6.07 Å². The molecule has 3 aliphatic rings. The molecule has 200 valence electrons. The number of phenols is 1. The molecule has 1 unspecified atom stereocenters. The number of hydrogen-bond acceptors (Lipinski definition) is 9. The number of anilines is 3. The number of para-hydroxylation sites is 1. The Bertz CT molecular complexity index is 1230. The van der Waals surface area contributed by atoms with Gasteiger partial charge in [-0.25, -0.2) is 0 Å². The van der Waals surface area contributed by atoms with E-state index in [0.29, 0.717) is 17.0 Å². The van der Waals surface area contributed by atoms with Crippen LogP contribution in [0.25, 0.3) is 11.3 Å². The van der Waals surface area contributed by atoms with Gasteiger partial charge in [0.1, 0.15) is 17.5 Å². The van der Waals surface area contributed by atoms with E-state index in [1.54, 1.807) is 24.3 Å². The standard InChI is InChI=1S/C29H37N7O2/c30-29-28(16-26(32-33-29)25-5-1-2-6-27(25)37)38-24-4-3-11-36(20-24)23-9-7-22(8-10-23)35-14-12-34(13-15-35)19-21-17-31-18-21/h1-2,5-10,16,21,24,31,37H,3-4,11-15,17-20H2,(H2,30,33). The summed E-state index contributed by atoms with van der Waals surface area (Å²) in [6.07, 6.45) is 1.98. The largest absolute Gasteiger partial charge is 0.507 e. The number of nitrogen functional groups attached to an aromatic ring is 1. The molecule has 3 fully saturated rings. The number of nitrogens with one attached hydrogen (secondary N) is 1. The van der Waals surface area contributed by atoms with E-state index >= 15 is 0 Å². The van der Waals surface area contributed by atoms with Crippen LogP contribution in [0, 0.1) is 5.92 Å². The summed E-state index contributed by atoms with van der Waals surface area (Å²) in [6.45, 7) is 9.82. The summed E-state index contributed by atoms with van der Waals surface area (Å²) >= 11 is 0. The van der Waals surface area contributed by atoms with Crippen molar-refractivity contribution < 1.29 is 9.84 Å². The Morgan fingerprint density at radius 3 is 2.37 bits per heavy atom. The number of phenolic OH excluding ortho intramolecular Hbond substituents is 1. The van der Waals surface area contributed by atoms with Gasteiger partial charge in [-0.3, -0.25) is 4.90 Å². The fourth-order valence-electron chi connectivity index (χ4n) is 5.65. The van der Waals surface area contributed by atoms with Gasteiger partial charge in [0.05, 0.1) is 6.54 Å². The topological polar surface area (TPSA) is 103 Å². The number of nitrogens with zero attached hydrogens (tertiary/aromatic N) is 5. The number of nitrogens with two attached hydrogens (primary N) is 1. The molecule has 0 aliphatic carbocycles. The average molecular weight is 516 g/mol. The molecule has 4 N–H and O–H groups in total. The highest BCUT2D eigenvalue weighted by atomic mass is 16.5. The number of benzene rings is 2. The van der Waals surface area contributed by atoms with Crippen molar-refractivity contribution >= 4 is 17.2 Å². The molecule has 1 aromatic heterocycles. The number of aromatic hydroxyl groups is 1. The van der Waals surface area contributed by atoms with Crippen LogP contribution in [0.4, 0.5) is 17.2 Å². The minimum absolute atomic E-state index is 0.00825. The smallest absolute Gasteiger partial charge is 0.188 e. The number of piperazine rings is 1. The second kappa shape index (κ2) is 11.0. The van der Waals surface area contributed by atoms with Crippen LogP contribution in [-0.2, 0) is 0 Å². The van der Waals surface area contributed by atoms with Gasteiger partial charge in [0, 0.05) is 75.4 Å². The maximum atomic E-state index is 10.2. The van der Waals surface area contributed by atoms with E-state index in [0.717, 1.165) is 58.0 Å². The Labute approximate surface area is 224 Å². The van der Waals surface area contributed by atoms with Crippen LogP contribution in [0.2, 0.25) is 0 Å². The molecule has 0 amide bonds. The minimum Gasteiger partial charge on any atom is -0.507 e. The Balaban J connectivity index is 1.06.